The lowest BCUT2D eigenvalue weighted by Gasteiger charge is -2.09. The van der Waals surface area contributed by atoms with E-state index >= 15 is 0 Å². The van der Waals surface area contributed by atoms with Crippen molar-refractivity contribution in [2.24, 2.45) is 5.92 Å². The quantitative estimate of drug-likeness (QED) is 0.798. The van der Waals surface area contributed by atoms with Crippen molar-refractivity contribution in [3.8, 4) is 5.75 Å². The van der Waals surface area contributed by atoms with Gasteiger partial charge in [-0.05, 0) is 30.0 Å². The Morgan fingerprint density at radius 2 is 1.84 bits per heavy atom. The van der Waals surface area contributed by atoms with Crippen molar-refractivity contribution in [1.82, 2.24) is 4.72 Å². The maximum absolute atomic E-state index is 11.5. The minimum absolute atomic E-state index is 0.169. The zero-order valence-electron chi connectivity index (χ0n) is 11.8. The van der Waals surface area contributed by atoms with Crippen LogP contribution in [-0.2, 0) is 16.6 Å². The highest BCUT2D eigenvalue weighted by atomic mass is 32.2. The predicted octanol–water partition coefficient (Wildman–Crippen LogP) is 2.55. The fraction of sp³-hybridized carbons (Fsp3) is 0.571. The largest absolute Gasteiger partial charge is 0.493 e. The van der Waals surface area contributed by atoms with Crippen molar-refractivity contribution in [3.05, 3.63) is 29.8 Å². The minimum Gasteiger partial charge on any atom is -0.493 e. The lowest BCUT2D eigenvalue weighted by molar-refractivity contribution is 0.271. The Hall–Kier alpha value is -1.07. The molecule has 0 aromatic heterocycles. The summed E-state index contributed by atoms with van der Waals surface area (Å²) in [6.07, 6.45) is 0.622. The van der Waals surface area contributed by atoms with Crippen LogP contribution in [0.4, 0.5) is 0 Å². The van der Waals surface area contributed by atoms with Gasteiger partial charge in [0, 0.05) is 6.54 Å². The van der Waals surface area contributed by atoms with E-state index in [0.29, 0.717) is 25.5 Å². The van der Waals surface area contributed by atoms with Crippen LogP contribution in [0.2, 0.25) is 0 Å². The monoisotopic (exact) mass is 285 g/mol. The number of benzene rings is 1. The molecule has 1 rings (SSSR count). The molecule has 0 fully saturated rings. The van der Waals surface area contributed by atoms with Crippen LogP contribution in [0.3, 0.4) is 0 Å². The molecule has 1 N–H and O–H groups in total. The van der Waals surface area contributed by atoms with E-state index in [-0.39, 0.29) is 5.75 Å². The minimum atomic E-state index is -3.14. The van der Waals surface area contributed by atoms with Gasteiger partial charge in [0.05, 0.1) is 12.4 Å². The van der Waals surface area contributed by atoms with Crippen LogP contribution in [0.25, 0.3) is 0 Å². The fourth-order valence-corrected chi connectivity index (χ4v) is 2.57. The molecule has 5 heteroatoms. The summed E-state index contributed by atoms with van der Waals surface area (Å²) >= 11 is 0. The molecule has 0 aliphatic rings. The third-order valence-corrected chi connectivity index (χ3v) is 4.01. The van der Waals surface area contributed by atoms with Gasteiger partial charge < -0.3 is 4.74 Å². The van der Waals surface area contributed by atoms with Crippen LogP contribution in [0.5, 0.6) is 5.75 Å². The summed E-state index contributed by atoms with van der Waals surface area (Å²) in [6, 6.07) is 7.49. The van der Waals surface area contributed by atoms with Crippen LogP contribution in [-0.4, -0.2) is 20.8 Å². The Morgan fingerprint density at radius 1 is 1.21 bits per heavy atom. The zero-order chi connectivity index (χ0) is 14.3. The van der Waals surface area contributed by atoms with Gasteiger partial charge >= 0.3 is 0 Å². The standard InChI is InChI=1S/C14H23NO3S/c1-4-9-19(16,17)15-10-13-5-7-14(8-6-13)18-11-12(2)3/h5-8,12,15H,4,9-11H2,1-3H3. The van der Waals surface area contributed by atoms with Gasteiger partial charge in [-0.25, -0.2) is 13.1 Å². The first kappa shape index (κ1) is 16.0. The molecule has 0 amide bonds. The zero-order valence-corrected chi connectivity index (χ0v) is 12.7. The molecule has 0 unspecified atom stereocenters. The summed E-state index contributed by atoms with van der Waals surface area (Å²) in [5, 5.41) is 0. The molecule has 0 bridgehead atoms. The van der Waals surface area contributed by atoms with E-state index in [9.17, 15) is 8.42 Å². The summed E-state index contributed by atoms with van der Waals surface area (Å²) in [5.74, 6) is 1.47. The van der Waals surface area contributed by atoms with Crippen LogP contribution >= 0.6 is 0 Å². The Balaban J connectivity index is 2.48. The van der Waals surface area contributed by atoms with Crippen molar-refractivity contribution in [3.63, 3.8) is 0 Å². The Kier molecular flexibility index (Phi) is 6.31. The molecule has 0 aliphatic carbocycles. The molecule has 1 aromatic rings. The Labute approximate surface area is 116 Å². The third-order valence-electron chi connectivity index (χ3n) is 2.48. The number of nitrogens with one attached hydrogen (secondary N) is 1. The first-order chi connectivity index (χ1) is 8.93. The molecule has 1 aromatic carbocycles. The van der Waals surface area contributed by atoms with Gasteiger partial charge in [0.25, 0.3) is 0 Å². The first-order valence-electron chi connectivity index (χ1n) is 6.62. The van der Waals surface area contributed by atoms with Gasteiger partial charge in [-0.15, -0.1) is 0 Å². The molecule has 19 heavy (non-hydrogen) atoms. The van der Waals surface area contributed by atoms with Gasteiger partial charge in [-0.1, -0.05) is 32.9 Å². The molecule has 0 heterocycles. The summed E-state index contributed by atoms with van der Waals surface area (Å²) in [6.45, 7) is 7.04. The molecular formula is C14H23NO3S. The normalized spacial score (nSPS) is 11.8. The highest BCUT2D eigenvalue weighted by Gasteiger charge is 2.07. The lowest BCUT2D eigenvalue weighted by atomic mass is 10.2. The van der Waals surface area contributed by atoms with E-state index < -0.39 is 10.0 Å². The van der Waals surface area contributed by atoms with Crippen LogP contribution in [0.15, 0.2) is 24.3 Å². The summed E-state index contributed by atoms with van der Waals surface area (Å²) in [5.41, 5.74) is 0.927. The predicted molar refractivity (Wildman–Crippen MR) is 77.7 cm³/mol. The number of hydrogen-bond acceptors (Lipinski definition) is 3. The SMILES string of the molecule is CCCS(=O)(=O)NCc1ccc(OCC(C)C)cc1. The van der Waals surface area contributed by atoms with Gasteiger partial charge in [-0.2, -0.15) is 0 Å². The number of ether oxygens (including phenoxy) is 1. The van der Waals surface area contributed by atoms with Crippen molar-refractivity contribution < 1.29 is 13.2 Å². The lowest BCUT2D eigenvalue weighted by Crippen LogP contribution is -2.25. The van der Waals surface area contributed by atoms with E-state index in [2.05, 4.69) is 18.6 Å². The van der Waals surface area contributed by atoms with Gasteiger partial charge in [0.2, 0.25) is 10.0 Å². The van der Waals surface area contributed by atoms with Crippen LogP contribution < -0.4 is 9.46 Å². The second kappa shape index (κ2) is 7.50. The molecule has 0 atom stereocenters. The highest BCUT2D eigenvalue weighted by molar-refractivity contribution is 7.89. The summed E-state index contributed by atoms with van der Waals surface area (Å²) in [4.78, 5) is 0. The first-order valence-corrected chi connectivity index (χ1v) is 8.27. The second-order valence-electron chi connectivity index (χ2n) is 4.99. The Bertz CT molecular complexity index is 466. The maximum Gasteiger partial charge on any atom is 0.211 e. The highest BCUT2D eigenvalue weighted by Crippen LogP contribution is 2.13. The molecular weight excluding hydrogens is 262 g/mol. The van der Waals surface area contributed by atoms with E-state index in [1.807, 2.05) is 31.2 Å². The second-order valence-corrected chi connectivity index (χ2v) is 6.92. The van der Waals surface area contributed by atoms with Gasteiger partial charge in [-0.3, -0.25) is 0 Å². The van der Waals surface area contributed by atoms with E-state index in [1.165, 1.54) is 0 Å². The maximum atomic E-state index is 11.5. The fourth-order valence-electron chi connectivity index (χ4n) is 1.50. The molecule has 0 spiro atoms. The smallest absolute Gasteiger partial charge is 0.211 e. The molecule has 4 nitrogen and oxygen atoms in total. The topological polar surface area (TPSA) is 55.4 Å². The number of sulfonamides is 1. The molecule has 0 radical (unpaired) electrons. The molecule has 0 saturated carbocycles. The Morgan fingerprint density at radius 3 is 2.37 bits per heavy atom. The van der Waals surface area contributed by atoms with E-state index in [4.69, 9.17) is 4.74 Å². The van der Waals surface area contributed by atoms with Crippen LogP contribution in [0.1, 0.15) is 32.8 Å². The number of rotatable bonds is 8. The van der Waals surface area contributed by atoms with Crippen molar-refractivity contribution >= 4 is 10.0 Å². The van der Waals surface area contributed by atoms with Crippen LogP contribution in [0, 0.1) is 5.92 Å². The average molecular weight is 285 g/mol. The average Bonchev–Trinajstić information content (AvgIpc) is 2.35. The van der Waals surface area contributed by atoms with Crippen molar-refractivity contribution in [1.29, 1.82) is 0 Å². The van der Waals surface area contributed by atoms with Gasteiger partial charge in [0.1, 0.15) is 5.75 Å². The third kappa shape index (κ3) is 6.59. The van der Waals surface area contributed by atoms with E-state index in [0.717, 1.165) is 11.3 Å². The number of hydrogen-bond donors (Lipinski definition) is 1. The molecule has 0 saturated heterocycles. The summed E-state index contributed by atoms with van der Waals surface area (Å²) < 4.78 is 31.2. The molecule has 0 aliphatic heterocycles. The van der Waals surface area contributed by atoms with Crippen molar-refractivity contribution in [2.45, 2.75) is 33.7 Å². The molecule has 108 valence electrons. The van der Waals surface area contributed by atoms with Gasteiger partial charge in [0.15, 0.2) is 0 Å². The van der Waals surface area contributed by atoms with E-state index in [1.54, 1.807) is 0 Å². The van der Waals surface area contributed by atoms with Crippen molar-refractivity contribution in [2.75, 3.05) is 12.4 Å². The summed E-state index contributed by atoms with van der Waals surface area (Å²) in [7, 11) is -3.14.